The summed E-state index contributed by atoms with van der Waals surface area (Å²) < 4.78 is 12.6. The monoisotopic (exact) mass is 440 g/mol. The fourth-order valence-corrected chi connectivity index (χ4v) is 3.88. The first-order valence-corrected chi connectivity index (χ1v) is 11.1. The van der Waals surface area contributed by atoms with Crippen molar-refractivity contribution in [3.63, 3.8) is 0 Å². The highest BCUT2D eigenvalue weighted by molar-refractivity contribution is 8.00. The molecule has 7 nitrogen and oxygen atoms in total. The fourth-order valence-electron chi connectivity index (χ4n) is 3.00. The maximum Gasteiger partial charge on any atom is 0.237 e. The van der Waals surface area contributed by atoms with E-state index in [1.165, 1.54) is 11.8 Å². The van der Waals surface area contributed by atoms with Gasteiger partial charge in [-0.25, -0.2) is 0 Å². The van der Waals surface area contributed by atoms with Crippen molar-refractivity contribution in [3.05, 3.63) is 48.5 Å². The molecule has 1 aromatic heterocycles. The number of hydrogen-bond donors (Lipinski definition) is 1. The van der Waals surface area contributed by atoms with Crippen LogP contribution in [0.4, 0.5) is 5.69 Å². The summed E-state index contributed by atoms with van der Waals surface area (Å²) in [5, 5.41) is 12.1. The Kier molecular flexibility index (Phi) is 7.94. The first kappa shape index (κ1) is 22.7. The molecule has 1 heterocycles. The van der Waals surface area contributed by atoms with Gasteiger partial charge in [-0.15, -0.1) is 10.2 Å². The zero-order valence-electron chi connectivity index (χ0n) is 18.3. The lowest BCUT2D eigenvalue weighted by molar-refractivity contribution is -0.115. The van der Waals surface area contributed by atoms with Crippen LogP contribution in [0.3, 0.4) is 0 Å². The molecule has 3 rings (SSSR count). The van der Waals surface area contributed by atoms with Crippen molar-refractivity contribution in [1.82, 2.24) is 14.8 Å². The molecule has 1 N–H and O–H groups in total. The van der Waals surface area contributed by atoms with E-state index in [1.807, 2.05) is 49.4 Å². The molecule has 0 saturated carbocycles. The van der Waals surface area contributed by atoms with E-state index in [2.05, 4.69) is 27.0 Å². The summed E-state index contributed by atoms with van der Waals surface area (Å²) in [4.78, 5) is 12.7. The number of carbonyl (C=O) groups excluding carboxylic acids is 1. The van der Waals surface area contributed by atoms with Crippen LogP contribution in [0.2, 0.25) is 0 Å². The van der Waals surface area contributed by atoms with E-state index in [9.17, 15) is 4.79 Å². The van der Waals surface area contributed by atoms with Crippen molar-refractivity contribution in [3.8, 4) is 22.9 Å². The van der Waals surface area contributed by atoms with Crippen LogP contribution in [0.5, 0.6) is 11.5 Å². The van der Waals surface area contributed by atoms with Crippen LogP contribution in [0.25, 0.3) is 11.4 Å². The van der Waals surface area contributed by atoms with E-state index in [4.69, 9.17) is 9.47 Å². The Labute approximate surface area is 187 Å². The third-order valence-corrected chi connectivity index (χ3v) is 5.87. The smallest absolute Gasteiger partial charge is 0.237 e. The van der Waals surface area contributed by atoms with Gasteiger partial charge in [0.25, 0.3) is 0 Å². The number of anilines is 1. The number of ether oxygens (including phenoxy) is 2. The van der Waals surface area contributed by atoms with Gasteiger partial charge in [-0.1, -0.05) is 31.2 Å². The molecule has 2 aromatic carbocycles. The average molecular weight is 441 g/mol. The minimum atomic E-state index is -0.348. The summed E-state index contributed by atoms with van der Waals surface area (Å²) >= 11 is 1.40. The van der Waals surface area contributed by atoms with Gasteiger partial charge in [-0.2, -0.15) is 0 Å². The summed E-state index contributed by atoms with van der Waals surface area (Å²) in [6.45, 7) is 4.80. The normalized spacial score (nSPS) is 11.7. The second kappa shape index (κ2) is 10.9. The number of methoxy groups -OCH3 is 2. The van der Waals surface area contributed by atoms with Gasteiger partial charge in [0, 0.05) is 23.9 Å². The van der Waals surface area contributed by atoms with Crippen LogP contribution in [0.15, 0.2) is 53.7 Å². The molecule has 0 aliphatic carbocycles. The van der Waals surface area contributed by atoms with Crippen molar-refractivity contribution in [1.29, 1.82) is 0 Å². The predicted octanol–water partition coefficient (Wildman–Crippen LogP) is 4.88. The highest BCUT2D eigenvalue weighted by Crippen LogP contribution is 2.29. The molecular weight excluding hydrogens is 412 g/mol. The molecule has 0 aliphatic heterocycles. The van der Waals surface area contributed by atoms with Gasteiger partial charge in [0.05, 0.1) is 19.5 Å². The van der Waals surface area contributed by atoms with Crippen LogP contribution >= 0.6 is 11.8 Å². The molecule has 1 amide bonds. The molecule has 0 aliphatic rings. The molecular formula is C23H28N4O3S. The summed E-state index contributed by atoms with van der Waals surface area (Å²) in [5.41, 5.74) is 1.66. The third kappa shape index (κ3) is 5.79. The molecule has 0 unspecified atom stereocenters. The standard InChI is InChI=1S/C23H28N4O3S/c1-5-6-14-27-21(17-10-12-19(29-3)13-11-17)25-26-23(27)31-16(2)22(28)24-18-8-7-9-20(15-18)30-4/h7-13,15-16H,5-6,14H2,1-4H3,(H,24,28)/t16-/m0/s1. The van der Waals surface area contributed by atoms with E-state index in [0.717, 1.165) is 41.7 Å². The van der Waals surface area contributed by atoms with E-state index < -0.39 is 0 Å². The highest BCUT2D eigenvalue weighted by atomic mass is 32.2. The lowest BCUT2D eigenvalue weighted by atomic mass is 10.2. The van der Waals surface area contributed by atoms with Crippen LogP contribution in [-0.4, -0.2) is 40.1 Å². The molecule has 0 spiro atoms. The van der Waals surface area contributed by atoms with E-state index in [0.29, 0.717) is 11.4 Å². The van der Waals surface area contributed by atoms with E-state index in [1.54, 1.807) is 20.3 Å². The number of carbonyl (C=O) groups is 1. The Morgan fingerprint density at radius 2 is 1.84 bits per heavy atom. The summed E-state index contributed by atoms with van der Waals surface area (Å²) in [7, 11) is 3.24. The molecule has 0 saturated heterocycles. The quantitative estimate of drug-likeness (QED) is 0.453. The van der Waals surface area contributed by atoms with Gasteiger partial charge in [-0.05, 0) is 49.7 Å². The lowest BCUT2D eigenvalue weighted by Crippen LogP contribution is -2.23. The predicted molar refractivity (Wildman–Crippen MR) is 124 cm³/mol. The minimum absolute atomic E-state index is 0.103. The number of nitrogens with one attached hydrogen (secondary N) is 1. The fraction of sp³-hybridized carbons (Fsp3) is 0.348. The number of nitrogens with zero attached hydrogens (tertiary/aromatic N) is 3. The summed E-state index contributed by atoms with van der Waals surface area (Å²) in [6.07, 6.45) is 2.05. The molecule has 3 aromatic rings. The van der Waals surface area contributed by atoms with Gasteiger partial charge < -0.3 is 19.4 Å². The van der Waals surface area contributed by atoms with E-state index in [-0.39, 0.29) is 11.2 Å². The number of unbranched alkanes of at least 4 members (excludes halogenated alkanes) is 1. The Balaban J connectivity index is 1.77. The molecule has 164 valence electrons. The van der Waals surface area contributed by atoms with Crippen molar-refractivity contribution >= 4 is 23.4 Å². The second-order valence-corrected chi connectivity index (χ2v) is 8.33. The Morgan fingerprint density at radius 3 is 2.52 bits per heavy atom. The zero-order chi connectivity index (χ0) is 22.2. The number of rotatable bonds is 10. The third-order valence-electron chi connectivity index (χ3n) is 4.79. The maximum atomic E-state index is 12.7. The molecule has 0 bridgehead atoms. The van der Waals surface area contributed by atoms with Crippen LogP contribution in [-0.2, 0) is 11.3 Å². The van der Waals surface area contributed by atoms with Crippen molar-refractivity contribution in [2.24, 2.45) is 0 Å². The number of aromatic nitrogens is 3. The summed E-state index contributed by atoms with van der Waals surface area (Å²) in [5.74, 6) is 2.18. The first-order valence-electron chi connectivity index (χ1n) is 10.2. The number of benzene rings is 2. The molecule has 0 radical (unpaired) electrons. The van der Waals surface area contributed by atoms with Gasteiger partial charge in [-0.3, -0.25) is 4.79 Å². The van der Waals surface area contributed by atoms with Crippen molar-refractivity contribution in [2.45, 2.75) is 43.6 Å². The van der Waals surface area contributed by atoms with Crippen molar-refractivity contribution in [2.75, 3.05) is 19.5 Å². The van der Waals surface area contributed by atoms with E-state index >= 15 is 0 Å². The highest BCUT2D eigenvalue weighted by Gasteiger charge is 2.21. The second-order valence-electron chi connectivity index (χ2n) is 7.02. The van der Waals surface area contributed by atoms with Gasteiger partial charge in [0.15, 0.2) is 11.0 Å². The maximum absolute atomic E-state index is 12.7. The SMILES string of the molecule is CCCCn1c(S[C@@H](C)C(=O)Nc2cccc(OC)c2)nnc1-c1ccc(OC)cc1. The number of amides is 1. The minimum Gasteiger partial charge on any atom is -0.497 e. The lowest BCUT2D eigenvalue weighted by Gasteiger charge is -2.14. The van der Waals surface area contributed by atoms with Crippen LogP contribution in [0.1, 0.15) is 26.7 Å². The van der Waals surface area contributed by atoms with Gasteiger partial charge in [0.2, 0.25) is 5.91 Å². The van der Waals surface area contributed by atoms with Crippen LogP contribution in [0, 0.1) is 0 Å². The number of hydrogen-bond acceptors (Lipinski definition) is 6. The topological polar surface area (TPSA) is 78.3 Å². The Morgan fingerprint density at radius 1 is 1.10 bits per heavy atom. The Bertz CT molecular complexity index is 1000. The average Bonchev–Trinajstić information content (AvgIpc) is 3.19. The largest absolute Gasteiger partial charge is 0.497 e. The molecule has 1 atom stereocenters. The summed E-state index contributed by atoms with van der Waals surface area (Å²) in [6, 6.07) is 15.1. The molecule has 31 heavy (non-hydrogen) atoms. The van der Waals surface area contributed by atoms with Gasteiger partial charge >= 0.3 is 0 Å². The zero-order valence-corrected chi connectivity index (χ0v) is 19.1. The molecule has 8 heteroatoms. The van der Waals surface area contributed by atoms with Crippen molar-refractivity contribution < 1.29 is 14.3 Å². The first-order chi connectivity index (χ1) is 15.0. The number of thioether (sulfide) groups is 1. The Hall–Kier alpha value is -3.00. The molecule has 0 fully saturated rings. The van der Waals surface area contributed by atoms with Gasteiger partial charge in [0.1, 0.15) is 11.5 Å². The van der Waals surface area contributed by atoms with Crippen LogP contribution < -0.4 is 14.8 Å².